The van der Waals surface area contributed by atoms with Crippen molar-refractivity contribution in [2.45, 2.75) is 12.5 Å². The van der Waals surface area contributed by atoms with Crippen LogP contribution in [0.3, 0.4) is 0 Å². The zero-order valence-corrected chi connectivity index (χ0v) is 10.8. The van der Waals surface area contributed by atoms with Gasteiger partial charge in [-0.3, -0.25) is 19.9 Å². The lowest BCUT2D eigenvalue weighted by molar-refractivity contribution is -0.384. The number of aromatic amines is 2. The number of fused-ring (bicyclic) bond motifs is 1. The molecule has 1 fully saturated rings. The van der Waals surface area contributed by atoms with E-state index in [2.05, 4.69) is 9.97 Å². The number of nitrogens with one attached hydrogen (secondary N) is 2. The van der Waals surface area contributed by atoms with E-state index in [9.17, 15) is 24.8 Å². The number of nitrogens with zero attached hydrogens (tertiary/aromatic N) is 2. The Labute approximate surface area is 117 Å². The SMILES string of the molecule is O=c1[nH]c(=O)c2cc(N3CC[C@@H](O)C3)c([N+](=O)[O-])cc2[nH]1. The van der Waals surface area contributed by atoms with Crippen molar-refractivity contribution < 1.29 is 10.0 Å². The van der Waals surface area contributed by atoms with E-state index in [1.54, 1.807) is 4.90 Å². The summed E-state index contributed by atoms with van der Waals surface area (Å²) >= 11 is 0. The molecule has 9 heteroatoms. The normalized spacial score (nSPS) is 18.3. The number of aliphatic hydroxyl groups excluding tert-OH is 1. The summed E-state index contributed by atoms with van der Waals surface area (Å²) in [5, 5.41) is 20.9. The van der Waals surface area contributed by atoms with Crippen LogP contribution in [0.2, 0.25) is 0 Å². The number of rotatable bonds is 2. The first kappa shape index (κ1) is 13.3. The average molecular weight is 292 g/mol. The number of nitro benzene ring substituents is 1. The lowest BCUT2D eigenvalue weighted by atomic mass is 10.1. The maximum Gasteiger partial charge on any atom is 0.326 e. The van der Waals surface area contributed by atoms with Gasteiger partial charge >= 0.3 is 5.69 Å². The number of hydrogen-bond acceptors (Lipinski definition) is 6. The molecule has 2 heterocycles. The van der Waals surface area contributed by atoms with E-state index in [-0.39, 0.29) is 28.8 Å². The zero-order valence-electron chi connectivity index (χ0n) is 10.8. The molecule has 0 bridgehead atoms. The summed E-state index contributed by atoms with van der Waals surface area (Å²) in [6.45, 7) is 0.738. The molecule has 0 amide bonds. The molecule has 2 aromatic rings. The van der Waals surface area contributed by atoms with E-state index < -0.39 is 22.3 Å². The van der Waals surface area contributed by atoms with E-state index in [4.69, 9.17) is 0 Å². The number of β-amino-alcohol motifs (C(OH)–C–C–N with tert-alkyl or cyclic N) is 1. The Balaban J connectivity index is 2.27. The third kappa shape index (κ3) is 2.27. The lowest BCUT2D eigenvalue weighted by Gasteiger charge is -2.18. The molecular weight excluding hydrogens is 280 g/mol. The summed E-state index contributed by atoms with van der Waals surface area (Å²) in [7, 11) is 0. The van der Waals surface area contributed by atoms with Crippen molar-refractivity contribution in [2.24, 2.45) is 0 Å². The molecule has 0 spiro atoms. The quantitative estimate of drug-likeness (QED) is 0.514. The van der Waals surface area contributed by atoms with Crippen molar-refractivity contribution in [3.63, 3.8) is 0 Å². The summed E-state index contributed by atoms with van der Waals surface area (Å²) in [4.78, 5) is 39.8. The first-order valence-corrected chi connectivity index (χ1v) is 6.33. The molecule has 1 aliphatic heterocycles. The Morgan fingerprint density at radius 2 is 2.10 bits per heavy atom. The van der Waals surface area contributed by atoms with E-state index in [1.807, 2.05) is 0 Å². The van der Waals surface area contributed by atoms with Gasteiger partial charge < -0.3 is 15.0 Å². The van der Waals surface area contributed by atoms with Crippen molar-refractivity contribution in [3.05, 3.63) is 43.1 Å². The van der Waals surface area contributed by atoms with Crippen LogP contribution >= 0.6 is 0 Å². The minimum Gasteiger partial charge on any atom is -0.391 e. The molecule has 1 saturated heterocycles. The van der Waals surface area contributed by atoms with Crippen molar-refractivity contribution in [1.82, 2.24) is 9.97 Å². The van der Waals surface area contributed by atoms with Gasteiger partial charge in [0.2, 0.25) is 0 Å². The topological polar surface area (TPSA) is 132 Å². The number of aliphatic hydroxyl groups is 1. The molecule has 1 aromatic heterocycles. The number of anilines is 1. The molecule has 0 aliphatic carbocycles. The van der Waals surface area contributed by atoms with E-state index in [0.29, 0.717) is 13.0 Å². The fraction of sp³-hybridized carbons (Fsp3) is 0.333. The summed E-state index contributed by atoms with van der Waals surface area (Å²) < 4.78 is 0. The predicted octanol–water partition coefficient (Wildman–Crippen LogP) is -0.304. The van der Waals surface area contributed by atoms with Gasteiger partial charge in [0.1, 0.15) is 5.69 Å². The fourth-order valence-electron chi connectivity index (χ4n) is 2.55. The van der Waals surface area contributed by atoms with Crippen LogP contribution < -0.4 is 16.1 Å². The molecule has 0 saturated carbocycles. The minimum absolute atomic E-state index is 0.110. The number of H-pyrrole nitrogens is 2. The van der Waals surface area contributed by atoms with Crippen LogP contribution in [0.1, 0.15) is 6.42 Å². The zero-order chi connectivity index (χ0) is 15.1. The van der Waals surface area contributed by atoms with E-state index in [1.165, 1.54) is 12.1 Å². The van der Waals surface area contributed by atoms with Gasteiger partial charge in [-0.25, -0.2) is 4.79 Å². The monoisotopic (exact) mass is 292 g/mol. The minimum atomic E-state index is -0.717. The van der Waals surface area contributed by atoms with Gasteiger partial charge in [-0.15, -0.1) is 0 Å². The van der Waals surface area contributed by atoms with Crippen LogP contribution in [0.15, 0.2) is 21.7 Å². The third-order valence-corrected chi connectivity index (χ3v) is 3.54. The van der Waals surface area contributed by atoms with E-state index in [0.717, 1.165) is 0 Å². The molecule has 110 valence electrons. The number of nitro groups is 1. The Morgan fingerprint density at radius 1 is 1.33 bits per heavy atom. The Morgan fingerprint density at radius 3 is 2.71 bits per heavy atom. The first-order valence-electron chi connectivity index (χ1n) is 6.33. The van der Waals surface area contributed by atoms with Crippen LogP contribution in [0.4, 0.5) is 11.4 Å². The number of benzene rings is 1. The van der Waals surface area contributed by atoms with Gasteiger partial charge in [-0.05, 0) is 12.5 Å². The van der Waals surface area contributed by atoms with Crippen LogP contribution in [0, 0.1) is 10.1 Å². The molecule has 3 rings (SSSR count). The summed E-state index contributed by atoms with van der Waals surface area (Å²) in [6, 6.07) is 2.55. The van der Waals surface area contributed by atoms with Gasteiger partial charge in [0, 0.05) is 19.2 Å². The summed E-state index contributed by atoms with van der Waals surface area (Å²) in [5.74, 6) is 0. The Bertz CT molecular complexity index is 840. The second-order valence-electron chi connectivity index (χ2n) is 4.94. The summed E-state index contributed by atoms with van der Waals surface area (Å²) in [5.41, 5.74) is -1.16. The molecule has 0 radical (unpaired) electrons. The highest BCUT2D eigenvalue weighted by Gasteiger charge is 2.27. The lowest BCUT2D eigenvalue weighted by Crippen LogP contribution is -2.24. The van der Waals surface area contributed by atoms with Gasteiger partial charge in [0.25, 0.3) is 11.2 Å². The Kier molecular flexibility index (Phi) is 2.98. The fourth-order valence-corrected chi connectivity index (χ4v) is 2.55. The van der Waals surface area contributed by atoms with E-state index >= 15 is 0 Å². The summed E-state index contributed by atoms with van der Waals surface area (Å²) in [6.07, 6.45) is -0.0360. The predicted molar refractivity (Wildman–Crippen MR) is 74.7 cm³/mol. The first-order chi connectivity index (χ1) is 9.95. The smallest absolute Gasteiger partial charge is 0.326 e. The molecular formula is C12H12N4O5. The maximum absolute atomic E-state index is 11.8. The van der Waals surface area contributed by atoms with Crippen LogP contribution in [-0.2, 0) is 0 Å². The van der Waals surface area contributed by atoms with Crippen LogP contribution in [0.5, 0.6) is 0 Å². The van der Waals surface area contributed by atoms with Gasteiger partial charge in [-0.1, -0.05) is 0 Å². The standard InChI is InChI=1S/C12H12N4O5/c17-6-1-2-15(5-6)9-3-7-8(4-10(9)16(20)21)13-12(19)14-11(7)18/h3-4,6,17H,1-2,5H2,(H2,13,14,18,19)/t6-/m1/s1. The second kappa shape index (κ2) is 4.70. The van der Waals surface area contributed by atoms with Gasteiger partial charge in [0.05, 0.1) is 21.9 Å². The average Bonchev–Trinajstić information content (AvgIpc) is 2.83. The molecule has 0 unspecified atom stereocenters. The second-order valence-corrected chi connectivity index (χ2v) is 4.94. The number of hydrogen-bond donors (Lipinski definition) is 3. The highest BCUT2D eigenvalue weighted by molar-refractivity contribution is 5.87. The Hall–Kier alpha value is -2.68. The van der Waals surface area contributed by atoms with Crippen molar-refractivity contribution in [3.8, 4) is 0 Å². The number of aromatic nitrogens is 2. The molecule has 21 heavy (non-hydrogen) atoms. The molecule has 1 atom stereocenters. The van der Waals surface area contributed by atoms with Crippen molar-refractivity contribution in [2.75, 3.05) is 18.0 Å². The molecule has 9 nitrogen and oxygen atoms in total. The maximum atomic E-state index is 11.8. The van der Waals surface area contributed by atoms with Crippen molar-refractivity contribution in [1.29, 1.82) is 0 Å². The van der Waals surface area contributed by atoms with Gasteiger partial charge in [-0.2, -0.15) is 0 Å². The van der Waals surface area contributed by atoms with Crippen LogP contribution in [0.25, 0.3) is 10.9 Å². The van der Waals surface area contributed by atoms with Crippen molar-refractivity contribution >= 4 is 22.3 Å². The highest BCUT2D eigenvalue weighted by Crippen LogP contribution is 2.33. The highest BCUT2D eigenvalue weighted by atomic mass is 16.6. The molecule has 1 aliphatic rings. The van der Waals surface area contributed by atoms with Crippen LogP contribution in [-0.4, -0.2) is 39.2 Å². The largest absolute Gasteiger partial charge is 0.391 e. The molecule has 1 aromatic carbocycles. The molecule has 3 N–H and O–H groups in total. The van der Waals surface area contributed by atoms with Gasteiger partial charge in [0.15, 0.2) is 0 Å². The third-order valence-electron chi connectivity index (χ3n) is 3.54.